The summed E-state index contributed by atoms with van der Waals surface area (Å²) < 4.78 is 11.2. The van der Waals surface area contributed by atoms with E-state index in [1.807, 2.05) is 24.3 Å². The van der Waals surface area contributed by atoms with Gasteiger partial charge >= 0.3 is 5.97 Å². The van der Waals surface area contributed by atoms with E-state index in [0.717, 1.165) is 36.1 Å². The number of carbonyl (C=O) groups excluding carboxylic acids is 2. The van der Waals surface area contributed by atoms with Crippen molar-refractivity contribution in [1.82, 2.24) is 0 Å². The summed E-state index contributed by atoms with van der Waals surface area (Å²) in [7, 11) is 1.63. The van der Waals surface area contributed by atoms with Gasteiger partial charge in [-0.05, 0) is 32.3 Å². The molecule has 4 heteroatoms. The molecule has 0 saturated carbocycles. The summed E-state index contributed by atoms with van der Waals surface area (Å²) in [5.41, 5.74) is 2.43. The number of methoxy groups -OCH3 is 1. The van der Waals surface area contributed by atoms with Gasteiger partial charge in [0.1, 0.15) is 17.6 Å². The zero-order chi connectivity index (χ0) is 18.2. The Morgan fingerprint density at radius 3 is 2.64 bits per heavy atom. The van der Waals surface area contributed by atoms with Crippen molar-refractivity contribution in [2.45, 2.75) is 64.9 Å². The highest BCUT2D eigenvalue weighted by Gasteiger charge is 2.35. The lowest BCUT2D eigenvalue weighted by molar-refractivity contribution is -0.139. The predicted molar refractivity (Wildman–Crippen MR) is 98.5 cm³/mol. The number of ketones is 1. The Morgan fingerprint density at radius 2 is 1.96 bits per heavy atom. The van der Waals surface area contributed by atoms with Gasteiger partial charge in [0.2, 0.25) is 0 Å². The minimum atomic E-state index is -0.289. The van der Waals surface area contributed by atoms with Crippen LogP contribution in [0.15, 0.2) is 29.8 Å². The maximum atomic E-state index is 12.4. The van der Waals surface area contributed by atoms with Crippen molar-refractivity contribution < 1.29 is 19.1 Å². The third kappa shape index (κ3) is 4.94. The van der Waals surface area contributed by atoms with E-state index in [4.69, 9.17) is 9.47 Å². The van der Waals surface area contributed by atoms with Crippen molar-refractivity contribution in [2.24, 2.45) is 0 Å². The molecule has 4 nitrogen and oxygen atoms in total. The van der Waals surface area contributed by atoms with Crippen molar-refractivity contribution >= 4 is 17.3 Å². The zero-order valence-corrected chi connectivity index (χ0v) is 15.5. The summed E-state index contributed by atoms with van der Waals surface area (Å²) in [5.74, 6) is 0.517. The summed E-state index contributed by atoms with van der Waals surface area (Å²) in [6.45, 7) is 3.72. The number of cyclic esters (lactones) is 1. The minimum Gasteiger partial charge on any atom is -0.496 e. The van der Waals surface area contributed by atoms with E-state index >= 15 is 0 Å². The van der Waals surface area contributed by atoms with Gasteiger partial charge in [0.15, 0.2) is 0 Å². The largest absolute Gasteiger partial charge is 0.496 e. The summed E-state index contributed by atoms with van der Waals surface area (Å²) >= 11 is 0. The van der Waals surface area contributed by atoms with Gasteiger partial charge in [0, 0.05) is 23.1 Å². The Labute approximate surface area is 150 Å². The van der Waals surface area contributed by atoms with Crippen LogP contribution >= 0.6 is 0 Å². The number of unbranched alkanes of at least 4 members (excludes halogenated alkanes) is 3. The van der Waals surface area contributed by atoms with Crippen LogP contribution in [-0.4, -0.2) is 25.0 Å². The van der Waals surface area contributed by atoms with Crippen LogP contribution in [0.2, 0.25) is 0 Å². The molecule has 0 radical (unpaired) electrons. The molecular formula is C21H28O4. The first-order valence-electron chi connectivity index (χ1n) is 9.15. The second-order valence-electron chi connectivity index (χ2n) is 6.54. The number of hydrogen-bond acceptors (Lipinski definition) is 4. The molecule has 0 fully saturated rings. The number of rotatable bonds is 10. The molecule has 1 aliphatic heterocycles. The number of carbonyl (C=O) groups is 2. The van der Waals surface area contributed by atoms with Gasteiger partial charge in [0.25, 0.3) is 0 Å². The van der Waals surface area contributed by atoms with Crippen molar-refractivity contribution in [1.29, 1.82) is 0 Å². The lowest BCUT2D eigenvalue weighted by Crippen LogP contribution is -2.11. The predicted octanol–water partition coefficient (Wildman–Crippen LogP) is 4.71. The van der Waals surface area contributed by atoms with E-state index in [1.165, 1.54) is 12.8 Å². The van der Waals surface area contributed by atoms with E-state index in [1.54, 1.807) is 14.0 Å². The summed E-state index contributed by atoms with van der Waals surface area (Å²) in [5, 5.41) is 0. The molecule has 2 rings (SSSR count). The van der Waals surface area contributed by atoms with E-state index in [-0.39, 0.29) is 17.9 Å². The highest BCUT2D eigenvalue weighted by molar-refractivity contribution is 6.04. The smallest absolute Gasteiger partial charge is 0.335 e. The molecule has 0 aliphatic carbocycles. The van der Waals surface area contributed by atoms with Crippen molar-refractivity contribution in [3.8, 4) is 5.75 Å². The van der Waals surface area contributed by atoms with E-state index in [0.29, 0.717) is 18.4 Å². The first kappa shape index (κ1) is 19.2. The van der Waals surface area contributed by atoms with Crippen molar-refractivity contribution in [2.75, 3.05) is 7.11 Å². The fourth-order valence-corrected chi connectivity index (χ4v) is 3.26. The first-order chi connectivity index (χ1) is 12.1. The van der Waals surface area contributed by atoms with Crippen LogP contribution in [0.4, 0.5) is 0 Å². The quantitative estimate of drug-likeness (QED) is 0.455. The Kier molecular flexibility index (Phi) is 7.23. The number of esters is 1. The molecule has 0 spiro atoms. The van der Waals surface area contributed by atoms with Gasteiger partial charge in [-0.15, -0.1) is 0 Å². The van der Waals surface area contributed by atoms with Crippen molar-refractivity contribution in [3.05, 3.63) is 35.4 Å². The molecule has 25 heavy (non-hydrogen) atoms. The minimum absolute atomic E-state index is 0.0751. The van der Waals surface area contributed by atoms with Gasteiger partial charge in [-0.3, -0.25) is 0 Å². The van der Waals surface area contributed by atoms with Crippen LogP contribution in [-0.2, 0) is 14.3 Å². The third-order valence-corrected chi connectivity index (χ3v) is 4.59. The molecule has 1 aromatic carbocycles. The van der Waals surface area contributed by atoms with Crippen LogP contribution in [0.25, 0.3) is 5.57 Å². The molecule has 1 aromatic rings. The SMILES string of the molecule is CCCCCCC1OC(=O)C(CCC(C)=O)=C1c1ccccc1OC. The summed E-state index contributed by atoms with van der Waals surface area (Å²) in [4.78, 5) is 23.8. The highest BCUT2D eigenvalue weighted by atomic mass is 16.5. The average molecular weight is 344 g/mol. The molecule has 136 valence electrons. The Hall–Kier alpha value is -2.10. The van der Waals surface area contributed by atoms with E-state index in [2.05, 4.69) is 6.92 Å². The molecular weight excluding hydrogens is 316 g/mol. The second kappa shape index (κ2) is 9.40. The lowest BCUT2D eigenvalue weighted by Gasteiger charge is -2.17. The number of benzene rings is 1. The summed E-state index contributed by atoms with van der Waals surface area (Å²) in [6.07, 6.45) is 5.84. The molecule has 0 aromatic heterocycles. The summed E-state index contributed by atoms with van der Waals surface area (Å²) in [6, 6.07) is 7.70. The van der Waals surface area contributed by atoms with Crippen LogP contribution in [0, 0.1) is 0 Å². The topological polar surface area (TPSA) is 52.6 Å². The van der Waals surface area contributed by atoms with E-state index < -0.39 is 0 Å². The second-order valence-corrected chi connectivity index (χ2v) is 6.54. The maximum absolute atomic E-state index is 12.4. The molecule has 0 N–H and O–H groups in total. The molecule has 1 heterocycles. The molecule has 1 aliphatic rings. The molecule has 1 unspecified atom stereocenters. The average Bonchev–Trinajstić information content (AvgIpc) is 2.92. The molecule has 0 saturated heterocycles. The van der Waals surface area contributed by atoms with Crippen LogP contribution in [0.3, 0.4) is 0 Å². The maximum Gasteiger partial charge on any atom is 0.335 e. The lowest BCUT2D eigenvalue weighted by atomic mass is 9.91. The number of para-hydroxylation sites is 1. The molecule has 0 bridgehead atoms. The standard InChI is InChI=1S/C21H28O4/c1-4-5-6-7-12-19-20(16-10-8-9-11-18(16)24-3)17(21(23)25-19)14-13-15(2)22/h8-11,19H,4-7,12-14H2,1-3H3. The van der Waals surface area contributed by atoms with Gasteiger partial charge in [0.05, 0.1) is 7.11 Å². The Balaban J connectivity index is 2.33. The van der Waals surface area contributed by atoms with E-state index in [9.17, 15) is 9.59 Å². The zero-order valence-electron chi connectivity index (χ0n) is 15.5. The van der Waals surface area contributed by atoms with Gasteiger partial charge in [-0.25, -0.2) is 4.79 Å². The van der Waals surface area contributed by atoms with Crippen LogP contribution < -0.4 is 4.74 Å². The number of hydrogen-bond donors (Lipinski definition) is 0. The van der Waals surface area contributed by atoms with Crippen molar-refractivity contribution in [3.63, 3.8) is 0 Å². The monoisotopic (exact) mass is 344 g/mol. The fourth-order valence-electron chi connectivity index (χ4n) is 3.26. The van der Waals surface area contributed by atoms with Crippen LogP contribution in [0.1, 0.15) is 64.4 Å². The molecule has 1 atom stereocenters. The Morgan fingerprint density at radius 1 is 1.20 bits per heavy atom. The van der Waals surface area contributed by atoms with Gasteiger partial charge in [-0.1, -0.05) is 44.4 Å². The number of ether oxygens (including phenoxy) is 2. The van der Waals surface area contributed by atoms with Crippen LogP contribution in [0.5, 0.6) is 5.75 Å². The first-order valence-corrected chi connectivity index (χ1v) is 9.15. The van der Waals surface area contributed by atoms with Gasteiger partial charge in [-0.2, -0.15) is 0 Å². The fraction of sp³-hybridized carbons (Fsp3) is 0.524. The number of Topliss-reactive ketones (excluding diaryl/α,β-unsaturated/α-hetero) is 1. The highest BCUT2D eigenvalue weighted by Crippen LogP contribution is 2.40. The third-order valence-electron chi connectivity index (χ3n) is 4.59. The Bertz CT molecular complexity index is 645. The normalized spacial score (nSPS) is 16.9. The molecule has 0 amide bonds. The van der Waals surface area contributed by atoms with Gasteiger partial charge < -0.3 is 14.3 Å².